The van der Waals surface area contributed by atoms with Gasteiger partial charge in [0.1, 0.15) is 11.5 Å². The van der Waals surface area contributed by atoms with Gasteiger partial charge in [-0.3, -0.25) is 4.79 Å². The van der Waals surface area contributed by atoms with Crippen molar-refractivity contribution in [1.82, 2.24) is 4.98 Å². The number of carbonyl (C=O) groups excluding carboxylic acids is 1. The summed E-state index contributed by atoms with van der Waals surface area (Å²) in [5.41, 5.74) is 3.80. The minimum absolute atomic E-state index is 0.107. The van der Waals surface area contributed by atoms with E-state index in [1.165, 1.54) is 12.1 Å². The average Bonchev–Trinajstić information content (AvgIpc) is 3.07. The van der Waals surface area contributed by atoms with Gasteiger partial charge in [-0.05, 0) is 41.5 Å². The van der Waals surface area contributed by atoms with Crippen LogP contribution >= 0.6 is 0 Å². The van der Waals surface area contributed by atoms with Gasteiger partial charge in [-0.25, -0.2) is 4.39 Å². The third-order valence-electron chi connectivity index (χ3n) is 4.42. The highest BCUT2D eigenvalue weighted by atomic mass is 19.1. The monoisotopic (exact) mass is 360 g/mol. The third kappa shape index (κ3) is 3.32. The summed E-state index contributed by atoms with van der Waals surface area (Å²) in [5, 5.41) is 12.8. The predicted octanol–water partition coefficient (Wildman–Crippen LogP) is 4.72. The van der Waals surface area contributed by atoms with E-state index in [2.05, 4.69) is 10.3 Å². The van der Waals surface area contributed by atoms with Crippen LogP contribution in [0.25, 0.3) is 22.0 Å². The fourth-order valence-electron chi connectivity index (χ4n) is 3.18. The number of amides is 1. The minimum atomic E-state index is -0.360. The molecule has 4 nitrogen and oxygen atoms in total. The molecule has 3 N–H and O–H groups in total. The maximum absolute atomic E-state index is 13.8. The molecule has 0 radical (unpaired) electrons. The molecule has 0 aliphatic heterocycles. The molecule has 1 amide bonds. The van der Waals surface area contributed by atoms with Crippen LogP contribution in [0.3, 0.4) is 0 Å². The number of fused-ring (bicyclic) bond motifs is 1. The Morgan fingerprint density at radius 1 is 1.00 bits per heavy atom. The van der Waals surface area contributed by atoms with Crippen LogP contribution in [0.15, 0.2) is 72.8 Å². The van der Waals surface area contributed by atoms with E-state index < -0.39 is 0 Å². The molecule has 27 heavy (non-hydrogen) atoms. The van der Waals surface area contributed by atoms with E-state index in [-0.39, 0.29) is 18.3 Å². The van der Waals surface area contributed by atoms with E-state index in [1.807, 2.05) is 30.3 Å². The van der Waals surface area contributed by atoms with Crippen molar-refractivity contribution >= 4 is 22.5 Å². The van der Waals surface area contributed by atoms with Gasteiger partial charge >= 0.3 is 0 Å². The van der Waals surface area contributed by atoms with Crippen molar-refractivity contribution in [3.8, 4) is 11.1 Å². The molecule has 0 atom stereocenters. The zero-order valence-electron chi connectivity index (χ0n) is 14.4. The lowest BCUT2D eigenvalue weighted by Gasteiger charge is -2.08. The average molecular weight is 360 g/mol. The summed E-state index contributed by atoms with van der Waals surface area (Å²) < 4.78 is 13.8. The van der Waals surface area contributed by atoms with Crippen LogP contribution in [0.4, 0.5) is 10.1 Å². The molecule has 1 heterocycles. The normalized spacial score (nSPS) is 10.9. The highest BCUT2D eigenvalue weighted by Gasteiger charge is 2.20. The van der Waals surface area contributed by atoms with Crippen molar-refractivity contribution in [1.29, 1.82) is 0 Å². The Bertz CT molecular complexity index is 1120. The number of aromatic amines is 1. The Hall–Kier alpha value is -3.44. The number of hydrogen-bond donors (Lipinski definition) is 3. The van der Waals surface area contributed by atoms with Crippen LogP contribution < -0.4 is 5.32 Å². The Balaban J connectivity index is 1.82. The first-order chi connectivity index (χ1) is 13.2. The van der Waals surface area contributed by atoms with Crippen molar-refractivity contribution in [2.75, 3.05) is 5.32 Å². The molecule has 5 heteroatoms. The Kier molecular flexibility index (Phi) is 4.44. The van der Waals surface area contributed by atoms with E-state index in [0.717, 1.165) is 5.56 Å². The number of aliphatic hydroxyl groups excluding tert-OH is 1. The largest absolute Gasteiger partial charge is 0.392 e. The summed E-state index contributed by atoms with van der Waals surface area (Å²) in [5.74, 6) is -0.693. The van der Waals surface area contributed by atoms with E-state index in [0.29, 0.717) is 33.4 Å². The maximum Gasteiger partial charge on any atom is 0.272 e. The molecule has 1 aromatic heterocycles. The van der Waals surface area contributed by atoms with Crippen molar-refractivity contribution in [2.24, 2.45) is 0 Å². The Morgan fingerprint density at radius 2 is 1.81 bits per heavy atom. The lowest BCUT2D eigenvalue weighted by atomic mass is 10.0. The van der Waals surface area contributed by atoms with Gasteiger partial charge in [0.2, 0.25) is 0 Å². The number of anilines is 1. The number of rotatable bonds is 4. The fourth-order valence-corrected chi connectivity index (χ4v) is 3.18. The SMILES string of the molecule is O=C(Nc1cccc(CO)c1)c1[nH]c2ccc(F)cc2c1-c1ccccc1. The van der Waals surface area contributed by atoms with Gasteiger partial charge < -0.3 is 15.4 Å². The third-order valence-corrected chi connectivity index (χ3v) is 4.42. The fraction of sp³-hybridized carbons (Fsp3) is 0.0455. The smallest absolute Gasteiger partial charge is 0.272 e. The van der Waals surface area contributed by atoms with Crippen LogP contribution in [0, 0.1) is 5.82 Å². The number of aliphatic hydroxyl groups is 1. The van der Waals surface area contributed by atoms with Gasteiger partial charge in [0.25, 0.3) is 5.91 Å². The topological polar surface area (TPSA) is 65.1 Å². The van der Waals surface area contributed by atoms with E-state index >= 15 is 0 Å². The molecular weight excluding hydrogens is 343 g/mol. The molecule has 0 spiro atoms. The molecule has 0 aliphatic carbocycles. The second-order valence-corrected chi connectivity index (χ2v) is 6.24. The quantitative estimate of drug-likeness (QED) is 0.493. The van der Waals surface area contributed by atoms with Crippen molar-refractivity contribution < 1.29 is 14.3 Å². The molecule has 134 valence electrons. The first-order valence-corrected chi connectivity index (χ1v) is 8.53. The summed E-state index contributed by atoms with van der Waals surface area (Å²) in [4.78, 5) is 16.1. The second kappa shape index (κ2) is 7.05. The van der Waals surface area contributed by atoms with Gasteiger partial charge in [-0.2, -0.15) is 0 Å². The number of H-pyrrole nitrogens is 1. The predicted molar refractivity (Wildman–Crippen MR) is 104 cm³/mol. The van der Waals surface area contributed by atoms with Crippen LogP contribution in [0.2, 0.25) is 0 Å². The molecule has 0 bridgehead atoms. The van der Waals surface area contributed by atoms with E-state index in [4.69, 9.17) is 0 Å². The lowest BCUT2D eigenvalue weighted by Crippen LogP contribution is -2.13. The van der Waals surface area contributed by atoms with Crippen LogP contribution in [-0.2, 0) is 6.61 Å². The molecule has 3 aromatic carbocycles. The standard InChI is InChI=1S/C22H17FN2O2/c23-16-9-10-19-18(12-16)20(15-6-2-1-3-7-15)21(25-19)22(27)24-17-8-4-5-14(11-17)13-26/h1-12,25-26H,13H2,(H,24,27). The van der Waals surface area contributed by atoms with Crippen LogP contribution in [-0.4, -0.2) is 16.0 Å². The molecule has 4 rings (SSSR count). The van der Waals surface area contributed by atoms with Crippen molar-refractivity contribution in [3.63, 3.8) is 0 Å². The summed E-state index contributed by atoms with van der Waals surface area (Å²) in [7, 11) is 0. The molecule has 0 fully saturated rings. The molecule has 0 saturated carbocycles. The highest BCUT2D eigenvalue weighted by Crippen LogP contribution is 2.33. The van der Waals surface area contributed by atoms with Gasteiger partial charge in [0.05, 0.1) is 6.61 Å². The number of aromatic nitrogens is 1. The number of nitrogens with one attached hydrogen (secondary N) is 2. The summed E-state index contributed by atoms with van der Waals surface area (Å²) >= 11 is 0. The van der Waals surface area contributed by atoms with Crippen molar-refractivity contribution in [2.45, 2.75) is 6.61 Å². The molecular formula is C22H17FN2O2. The Morgan fingerprint density at radius 3 is 2.59 bits per heavy atom. The molecule has 4 aromatic rings. The highest BCUT2D eigenvalue weighted by molar-refractivity contribution is 6.14. The van der Waals surface area contributed by atoms with Gasteiger partial charge in [-0.1, -0.05) is 42.5 Å². The van der Waals surface area contributed by atoms with Crippen molar-refractivity contribution in [3.05, 3.63) is 89.9 Å². The first kappa shape index (κ1) is 17.0. The minimum Gasteiger partial charge on any atom is -0.392 e. The molecule has 0 saturated heterocycles. The zero-order chi connectivity index (χ0) is 18.8. The van der Waals surface area contributed by atoms with Crippen LogP contribution in [0.5, 0.6) is 0 Å². The molecule has 0 aliphatic rings. The van der Waals surface area contributed by atoms with Gasteiger partial charge in [-0.15, -0.1) is 0 Å². The summed E-state index contributed by atoms with van der Waals surface area (Å²) in [6.07, 6.45) is 0. The zero-order valence-corrected chi connectivity index (χ0v) is 14.4. The number of halogens is 1. The summed E-state index contributed by atoms with van der Waals surface area (Å²) in [6, 6.07) is 20.8. The van der Waals surface area contributed by atoms with Gasteiger partial charge in [0.15, 0.2) is 0 Å². The summed E-state index contributed by atoms with van der Waals surface area (Å²) in [6.45, 7) is -0.107. The number of hydrogen-bond acceptors (Lipinski definition) is 2. The molecule has 0 unspecified atom stereocenters. The van der Waals surface area contributed by atoms with Crippen LogP contribution in [0.1, 0.15) is 16.1 Å². The second-order valence-electron chi connectivity index (χ2n) is 6.24. The first-order valence-electron chi connectivity index (χ1n) is 8.53. The Labute approximate surface area is 155 Å². The maximum atomic E-state index is 13.8. The van der Waals surface area contributed by atoms with E-state index in [1.54, 1.807) is 30.3 Å². The number of benzene rings is 3. The lowest BCUT2D eigenvalue weighted by molar-refractivity contribution is 0.102. The van der Waals surface area contributed by atoms with E-state index in [9.17, 15) is 14.3 Å². The number of carbonyl (C=O) groups is 1. The van der Waals surface area contributed by atoms with Gasteiger partial charge in [0, 0.05) is 22.2 Å².